The predicted molar refractivity (Wildman–Crippen MR) is 75.0 cm³/mol. The number of carboxylic acid groups (broad SMARTS) is 1. The highest BCUT2D eigenvalue weighted by molar-refractivity contribution is 6.30. The molecule has 5 nitrogen and oxygen atoms in total. The van der Waals surface area contributed by atoms with Crippen molar-refractivity contribution in [2.45, 2.75) is 0 Å². The van der Waals surface area contributed by atoms with Crippen molar-refractivity contribution in [2.75, 3.05) is 11.4 Å². The number of aromatic nitrogens is 1. The van der Waals surface area contributed by atoms with Crippen LogP contribution in [0.1, 0.15) is 10.4 Å². The predicted octanol–water partition coefficient (Wildman–Crippen LogP) is 2.61. The van der Waals surface area contributed by atoms with Crippen molar-refractivity contribution < 1.29 is 19.1 Å². The van der Waals surface area contributed by atoms with E-state index >= 15 is 0 Å². The number of nitrogens with zero attached hydrogens (tertiary/aromatic N) is 2. The van der Waals surface area contributed by atoms with Gasteiger partial charge in [-0.2, -0.15) is 4.39 Å². The fourth-order valence-electron chi connectivity index (χ4n) is 1.73. The Morgan fingerprint density at radius 3 is 2.48 bits per heavy atom. The van der Waals surface area contributed by atoms with Gasteiger partial charge in [0.25, 0.3) is 5.91 Å². The standard InChI is InChI=1S/C14H10ClFN2O3/c15-9-3-5-10(6-4-9)18(8-12(19)20)14(21)11-2-1-7-17-13(11)16/h1-7H,8H2,(H,19,20). The molecule has 0 atom stereocenters. The van der Waals surface area contributed by atoms with Crippen molar-refractivity contribution >= 4 is 29.2 Å². The largest absolute Gasteiger partial charge is 0.480 e. The quantitative estimate of drug-likeness (QED) is 0.881. The van der Waals surface area contributed by atoms with E-state index in [1.807, 2.05) is 0 Å². The van der Waals surface area contributed by atoms with Gasteiger partial charge in [0, 0.05) is 16.9 Å². The second kappa shape index (κ2) is 6.32. The van der Waals surface area contributed by atoms with E-state index in [9.17, 15) is 14.0 Å². The lowest BCUT2D eigenvalue weighted by Gasteiger charge is -2.21. The summed E-state index contributed by atoms with van der Waals surface area (Å²) in [6, 6.07) is 8.64. The van der Waals surface area contributed by atoms with E-state index in [1.165, 1.54) is 42.6 Å². The normalized spacial score (nSPS) is 10.2. The lowest BCUT2D eigenvalue weighted by molar-refractivity contribution is -0.135. The number of halogens is 2. The Labute approximate surface area is 124 Å². The van der Waals surface area contributed by atoms with Crippen molar-refractivity contribution in [3.8, 4) is 0 Å². The Morgan fingerprint density at radius 2 is 1.90 bits per heavy atom. The van der Waals surface area contributed by atoms with Gasteiger partial charge in [-0.05, 0) is 36.4 Å². The maximum atomic E-state index is 13.6. The summed E-state index contributed by atoms with van der Waals surface area (Å²) in [6.45, 7) is -0.602. The van der Waals surface area contributed by atoms with Crippen molar-refractivity contribution in [3.63, 3.8) is 0 Å². The summed E-state index contributed by atoms with van der Waals surface area (Å²) in [5.41, 5.74) is 0.00348. The molecule has 0 aliphatic heterocycles. The van der Waals surface area contributed by atoms with Gasteiger partial charge in [0.05, 0.1) is 5.56 Å². The van der Waals surface area contributed by atoms with Crippen LogP contribution in [0.5, 0.6) is 0 Å². The third-order valence-corrected chi connectivity index (χ3v) is 2.92. The van der Waals surface area contributed by atoms with Gasteiger partial charge in [-0.25, -0.2) is 4.98 Å². The number of rotatable bonds is 4. The van der Waals surface area contributed by atoms with Crippen molar-refractivity contribution in [1.82, 2.24) is 4.98 Å². The number of hydrogen-bond donors (Lipinski definition) is 1. The minimum atomic E-state index is -1.22. The molecule has 0 aliphatic rings. The third-order valence-electron chi connectivity index (χ3n) is 2.67. The van der Waals surface area contributed by atoms with Crippen LogP contribution >= 0.6 is 11.6 Å². The van der Waals surface area contributed by atoms with E-state index in [-0.39, 0.29) is 5.56 Å². The van der Waals surface area contributed by atoms with Gasteiger partial charge in [-0.1, -0.05) is 11.6 Å². The summed E-state index contributed by atoms with van der Waals surface area (Å²) < 4.78 is 13.6. The van der Waals surface area contributed by atoms with E-state index in [1.54, 1.807) is 0 Å². The maximum absolute atomic E-state index is 13.6. The van der Waals surface area contributed by atoms with E-state index in [0.29, 0.717) is 10.7 Å². The van der Waals surface area contributed by atoms with Gasteiger partial charge >= 0.3 is 5.97 Å². The van der Waals surface area contributed by atoms with Gasteiger partial charge in [0.2, 0.25) is 5.95 Å². The lowest BCUT2D eigenvalue weighted by Crippen LogP contribution is -2.36. The summed E-state index contributed by atoms with van der Waals surface area (Å²) in [5.74, 6) is -2.96. The molecule has 2 rings (SSSR count). The van der Waals surface area contributed by atoms with E-state index in [4.69, 9.17) is 16.7 Å². The molecular formula is C14H10ClFN2O3. The fraction of sp³-hybridized carbons (Fsp3) is 0.0714. The van der Waals surface area contributed by atoms with Crippen LogP contribution in [0.25, 0.3) is 0 Å². The number of carbonyl (C=O) groups excluding carboxylic acids is 1. The lowest BCUT2D eigenvalue weighted by atomic mass is 10.2. The molecule has 0 fully saturated rings. The second-order valence-electron chi connectivity index (χ2n) is 4.10. The highest BCUT2D eigenvalue weighted by Crippen LogP contribution is 2.20. The number of anilines is 1. The van der Waals surface area contributed by atoms with Gasteiger partial charge in [-0.3, -0.25) is 14.5 Å². The molecule has 1 amide bonds. The molecule has 2 aromatic rings. The molecule has 0 saturated heterocycles. The van der Waals surface area contributed by atoms with Crippen molar-refractivity contribution in [2.24, 2.45) is 0 Å². The number of pyridine rings is 1. The number of amides is 1. The molecule has 1 aromatic heterocycles. The fourth-order valence-corrected chi connectivity index (χ4v) is 1.85. The average molecular weight is 309 g/mol. The van der Waals surface area contributed by atoms with Crippen molar-refractivity contribution in [3.05, 3.63) is 59.1 Å². The number of hydrogen-bond acceptors (Lipinski definition) is 3. The first-order chi connectivity index (χ1) is 9.99. The Bertz CT molecular complexity index is 676. The first kappa shape index (κ1) is 14.9. The topological polar surface area (TPSA) is 70.5 Å². The molecular weight excluding hydrogens is 299 g/mol. The second-order valence-corrected chi connectivity index (χ2v) is 4.54. The summed E-state index contributed by atoms with van der Waals surface area (Å²) in [4.78, 5) is 27.6. The van der Waals surface area contributed by atoms with Crippen LogP contribution in [0.4, 0.5) is 10.1 Å². The van der Waals surface area contributed by atoms with Crippen LogP contribution in [0.15, 0.2) is 42.6 Å². The van der Waals surface area contributed by atoms with Gasteiger partial charge in [-0.15, -0.1) is 0 Å². The molecule has 108 valence electrons. The van der Waals surface area contributed by atoms with Crippen LogP contribution in [-0.4, -0.2) is 28.5 Å². The Balaban J connectivity index is 2.40. The molecule has 21 heavy (non-hydrogen) atoms. The van der Waals surface area contributed by atoms with E-state index in [2.05, 4.69) is 4.98 Å². The highest BCUT2D eigenvalue weighted by atomic mass is 35.5. The SMILES string of the molecule is O=C(O)CN(C(=O)c1cccnc1F)c1ccc(Cl)cc1. The molecule has 0 saturated carbocycles. The van der Waals surface area contributed by atoms with Gasteiger partial charge < -0.3 is 5.11 Å². The zero-order valence-electron chi connectivity index (χ0n) is 10.7. The first-order valence-electron chi connectivity index (χ1n) is 5.89. The number of carboxylic acids is 1. The zero-order chi connectivity index (χ0) is 15.4. The smallest absolute Gasteiger partial charge is 0.323 e. The zero-order valence-corrected chi connectivity index (χ0v) is 11.4. The molecule has 0 unspecified atom stereocenters. The van der Waals surface area contributed by atoms with Crippen LogP contribution in [0, 0.1) is 5.95 Å². The Kier molecular flexibility index (Phi) is 4.49. The summed E-state index contributed by atoms with van der Waals surface area (Å²) in [6.07, 6.45) is 1.20. The average Bonchev–Trinajstić information content (AvgIpc) is 2.45. The molecule has 0 spiro atoms. The molecule has 1 N–H and O–H groups in total. The molecule has 1 aromatic carbocycles. The van der Waals surface area contributed by atoms with Gasteiger partial charge in [0.1, 0.15) is 6.54 Å². The van der Waals surface area contributed by atoms with E-state index in [0.717, 1.165) is 4.90 Å². The van der Waals surface area contributed by atoms with E-state index < -0.39 is 24.4 Å². The van der Waals surface area contributed by atoms with Crippen LogP contribution in [0.3, 0.4) is 0 Å². The highest BCUT2D eigenvalue weighted by Gasteiger charge is 2.23. The monoisotopic (exact) mass is 308 g/mol. The minimum Gasteiger partial charge on any atom is -0.480 e. The summed E-state index contributed by atoms with van der Waals surface area (Å²) in [7, 11) is 0. The molecule has 0 bridgehead atoms. The van der Waals surface area contributed by atoms with Gasteiger partial charge in [0.15, 0.2) is 0 Å². The van der Waals surface area contributed by atoms with Crippen molar-refractivity contribution in [1.29, 1.82) is 0 Å². The molecule has 0 aliphatic carbocycles. The first-order valence-corrected chi connectivity index (χ1v) is 6.26. The Morgan fingerprint density at radius 1 is 1.24 bits per heavy atom. The maximum Gasteiger partial charge on any atom is 0.323 e. The number of benzene rings is 1. The summed E-state index contributed by atoms with van der Waals surface area (Å²) in [5, 5.41) is 9.37. The van der Waals surface area contributed by atoms with Crippen LogP contribution in [-0.2, 0) is 4.79 Å². The third kappa shape index (κ3) is 3.55. The summed E-state index contributed by atoms with van der Waals surface area (Å²) >= 11 is 5.75. The van der Waals surface area contributed by atoms with Crippen LogP contribution < -0.4 is 4.90 Å². The van der Waals surface area contributed by atoms with Crippen LogP contribution in [0.2, 0.25) is 5.02 Å². The number of aliphatic carboxylic acids is 1. The molecule has 7 heteroatoms. The Hall–Kier alpha value is -2.47. The molecule has 1 heterocycles. The minimum absolute atomic E-state index is 0.297. The molecule has 0 radical (unpaired) electrons. The number of carbonyl (C=O) groups is 2.